The Labute approximate surface area is 462 Å². The number of carbonyl (C=O) groups is 4. The summed E-state index contributed by atoms with van der Waals surface area (Å²) in [5, 5.41) is 30.2. The number of benzene rings is 3. The summed E-state index contributed by atoms with van der Waals surface area (Å²) in [7, 11) is 0. The van der Waals surface area contributed by atoms with Crippen LogP contribution in [-0.4, -0.2) is 117 Å². The molecular formula is C57H68ClN9O8S2. The molecule has 2 aliphatic heterocycles. The van der Waals surface area contributed by atoms with Gasteiger partial charge in [0.15, 0.2) is 5.82 Å². The quantitative estimate of drug-likeness (QED) is 0.0501. The van der Waals surface area contributed by atoms with Crippen LogP contribution in [0.15, 0.2) is 83.3 Å². The zero-order chi connectivity index (χ0) is 55.1. The third kappa shape index (κ3) is 13.7. The first-order valence-electron chi connectivity index (χ1n) is 25.9. The first kappa shape index (κ1) is 56.8. The second-order valence-corrected chi connectivity index (χ2v) is 23.2. The Morgan fingerprint density at radius 2 is 1.48 bits per heavy atom. The number of aromatic nitrogens is 4. The Hall–Kier alpha value is -6.35. The second-order valence-electron chi connectivity index (χ2n) is 20.7. The average molecular weight is 1110 g/mol. The van der Waals surface area contributed by atoms with Crippen molar-refractivity contribution in [2.24, 2.45) is 10.4 Å². The molecule has 408 valence electrons. The minimum atomic E-state index is -0.982. The summed E-state index contributed by atoms with van der Waals surface area (Å²) in [6.45, 7) is 18.3. The van der Waals surface area contributed by atoms with E-state index in [1.54, 1.807) is 22.7 Å². The maximum atomic E-state index is 14.1. The normalized spacial score (nSPS) is 17.4. The molecule has 4 N–H and O–H groups in total. The van der Waals surface area contributed by atoms with Crippen molar-refractivity contribution < 1.29 is 38.5 Å². The van der Waals surface area contributed by atoms with E-state index in [0.717, 1.165) is 60.5 Å². The fraction of sp³-hybridized carbons (Fsp3) is 0.439. The maximum absolute atomic E-state index is 14.1. The van der Waals surface area contributed by atoms with E-state index >= 15 is 0 Å². The molecular weight excluding hydrogens is 1040 g/mol. The number of ether oxygens (including phenoxy) is 3. The first-order valence-corrected chi connectivity index (χ1v) is 28.0. The lowest BCUT2D eigenvalue weighted by Crippen LogP contribution is -2.58. The zero-order valence-electron chi connectivity index (χ0n) is 45.0. The summed E-state index contributed by atoms with van der Waals surface area (Å²) >= 11 is 9.50. The number of hydrogen-bond donors (Lipinski definition) is 4. The van der Waals surface area contributed by atoms with Crippen LogP contribution in [0.3, 0.4) is 0 Å². The van der Waals surface area contributed by atoms with E-state index < -0.39 is 41.5 Å². The fourth-order valence-corrected chi connectivity index (χ4v) is 11.7. The van der Waals surface area contributed by atoms with Gasteiger partial charge in [-0.2, -0.15) is 0 Å². The second kappa shape index (κ2) is 25.0. The number of carbonyl (C=O) groups excluding carboxylic acids is 4. The largest absolute Gasteiger partial charge is 0.494 e. The van der Waals surface area contributed by atoms with Gasteiger partial charge in [0.1, 0.15) is 41.3 Å². The SMILES string of the molecule is Cc1ncsc1-c1ccc([C@H](C)NC(=O)[C@@H]2C[C@@H](O)CN2C(=O)[C@@H](NC(=O)COCCOCCCOc2ccc([C@@H](C)NC(=O)C[C@@H]3N=C(c4ccc(Cl)cc4)c4c(sc(C)c4C)-n4c(C)nnc43)cc2)C(C)(C)C)cc1. The van der Waals surface area contributed by atoms with Gasteiger partial charge in [0.2, 0.25) is 23.6 Å². The minimum absolute atomic E-state index is 0.0285. The Balaban J connectivity index is 0.739. The molecule has 4 amide bonds. The summed E-state index contributed by atoms with van der Waals surface area (Å²) < 4.78 is 19.3. The number of thiophene rings is 1. The molecule has 6 atom stereocenters. The van der Waals surface area contributed by atoms with Crippen molar-refractivity contribution in [2.75, 3.05) is 39.6 Å². The average Bonchev–Trinajstić information content (AvgIpc) is 4.21. The van der Waals surface area contributed by atoms with Crippen molar-refractivity contribution in [3.8, 4) is 21.2 Å². The van der Waals surface area contributed by atoms with Crippen molar-refractivity contribution in [3.63, 3.8) is 0 Å². The van der Waals surface area contributed by atoms with Crippen LogP contribution in [0.4, 0.5) is 0 Å². The van der Waals surface area contributed by atoms with Crippen LogP contribution >= 0.6 is 34.3 Å². The zero-order valence-corrected chi connectivity index (χ0v) is 47.4. The number of halogens is 1. The number of aryl methyl sites for hydroxylation is 3. The lowest BCUT2D eigenvalue weighted by Gasteiger charge is -2.35. The number of hydrogen-bond acceptors (Lipinski definition) is 14. The van der Waals surface area contributed by atoms with Gasteiger partial charge < -0.3 is 40.2 Å². The smallest absolute Gasteiger partial charge is 0.246 e. The molecule has 0 unspecified atom stereocenters. The molecule has 5 heterocycles. The third-order valence-electron chi connectivity index (χ3n) is 13.9. The molecule has 0 radical (unpaired) electrons. The van der Waals surface area contributed by atoms with Crippen LogP contribution in [-0.2, 0) is 28.7 Å². The molecule has 8 rings (SSSR count). The Morgan fingerprint density at radius 1 is 0.818 bits per heavy atom. The number of nitrogens with one attached hydrogen (secondary N) is 3. The van der Waals surface area contributed by atoms with E-state index in [2.05, 4.69) is 45.0 Å². The molecule has 0 aliphatic carbocycles. The fourth-order valence-electron chi connectivity index (χ4n) is 9.50. The van der Waals surface area contributed by atoms with Crippen LogP contribution in [0, 0.1) is 33.1 Å². The van der Waals surface area contributed by atoms with E-state index in [-0.39, 0.29) is 63.1 Å². The predicted molar refractivity (Wildman–Crippen MR) is 299 cm³/mol. The highest BCUT2D eigenvalue weighted by Crippen LogP contribution is 2.40. The maximum Gasteiger partial charge on any atom is 0.246 e. The highest BCUT2D eigenvalue weighted by atomic mass is 35.5. The van der Waals surface area contributed by atoms with Gasteiger partial charge in [0, 0.05) is 47.0 Å². The number of amides is 4. The van der Waals surface area contributed by atoms with E-state index in [4.69, 9.17) is 30.8 Å². The molecule has 0 bridgehead atoms. The number of aliphatic hydroxyl groups is 1. The number of nitrogens with zero attached hydrogens (tertiary/aromatic N) is 6. The number of fused-ring (bicyclic) bond motifs is 3. The van der Waals surface area contributed by atoms with Crippen molar-refractivity contribution in [1.29, 1.82) is 0 Å². The molecule has 17 nitrogen and oxygen atoms in total. The monoisotopic (exact) mass is 1110 g/mol. The van der Waals surface area contributed by atoms with Gasteiger partial charge in [-0.15, -0.1) is 32.9 Å². The van der Waals surface area contributed by atoms with Gasteiger partial charge in [0.25, 0.3) is 0 Å². The topological polar surface area (TPSA) is 211 Å². The van der Waals surface area contributed by atoms with Crippen molar-refractivity contribution >= 4 is 63.6 Å². The first-order chi connectivity index (χ1) is 36.8. The number of aliphatic hydroxyl groups excluding tert-OH is 1. The van der Waals surface area contributed by atoms with Crippen LogP contribution in [0.5, 0.6) is 5.75 Å². The summed E-state index contributed by atoms with van der Waals surface area (Å²) in [5.41, 5.74) is 8.72. The molecule has 3 aromatic heterocycles. The van der Waals surface area contributed by atoms with Crippen LogP contribution in [0.2, 0.25) is 5.02 Å². The summed E-state index contributed by atoms with van der Waals surface area (Å²) in [4.78, 5) is 67.8. The van der Waals surface area contributed by atoms with Gasteiger partial charge in [0.05, 0.1) is 66.2 Å². The molecule has 6 aromatic rings. The van der Waals surface area contributed by atoms with Gasteiger partial charge in [-0.25, -0.2) is 4.98 Å². The van der Waals surface area contributed by atoms with Gasteiger partial charge in [-0.3, -0.25) is 28.7 Å². The highest BCUT2D eigenvalue weighted by molar-refractivity contribution is 7.15. The predicted octanol–water partition coefficient (Wildman–Crippen LogP) is 8.67. The van der Waals surface area contributed by atoms with Gasteiger partial charge in [-0.05, 0) is 93.5 Å². The lowest BCUT2D eigenvalue weighted by molar-refractivity contribution is -0.144. The van der Waals surface area contributed by atoms with E-state index in [1.165, 1.54) is 9.78 Å². The highest BCUT2D eigenvalue weighted by Gasteiger charge is 2.45. The van der Waals surface area contributed by atoms with Gasteiger partial charge in [-0.1, -0.05) is 80.9 Å². The number of thiazole rings is 1. The standard InChI is InChI=1S/C57H68ClN9O8S2/c1-32-36(5)77-56-49(32)50(40-15-19-42(58)20-16-40)62-45(53-65-64-37(6)67(53)56)28-47(69)60-33(2)39-17-21-44(22-18-39)75-24-10-23-73-25-26-74-30-48(70)63-52(57(7,8)9)55(72)66-29-43(68)27-46(66)54(71)61-34(3)38-11-13-41(14-12-38)51-35(4)59-31-76-51/h11-22,31,33-34,43,45-46,52,68H,10,23-30H2,1-9H3,(H,60,69)(H,61,71)(H,63,70)/t33-,34+,43-,45+,46+,52-/m1/s1. The number of aliphatic imine (C=N–C) groups is 1. The third-order valence-corrected chi connectivity index (χ3v) is 16.3. The van der Waals surface area contributed by atoms with Crippen molar-refractivity contribution in [1.82, 2.24) is 40.6 Å². The van der Waals surface area contributed by atoms with Crippen molar-refractivity contribution in [2.45, 2.75) is 118 Å². The van der Waals surface area contributed by atoms with E-state index in [9.17, 15) is 24.3 Å². The number of likely N-dealkylation sites (tertiary alicyclic amines) is 1. The summed E-state index contributed by atoms with van der Waals surface area (Å²) in [6.07, 6.45) is -0.126. The summed E-state index contributed by atoms with van der Waals surface area (Å²) in [5.74, 6) is 0.530. The van der Waals surface area contributed by atoms with Crippen LogP contribution in [0.1, 0.15) is 122 Å². The molecule has 0 spiro atoms. The molecule has 1 saturated heterocycles. The number of rotatable bonds is 21. The lowest BCUT2D eigenvalue weighted by atomic mass is 9.85. The summed E-state index contributed by atoms with van der Waals surface area (Å²) in [6, 6.07) is 20.0. The Morgan fingerprint density at radius 3 is 2.16 bits per heavy atom. The number of β-amino-alcohol motifs (C(OH)–C–C–N with tert-alkyl or cyclic N) is 1. The minimum Gasteiger partial charge on any atom is -0.494 e. The van der Waals surface area contributed by atoms with Gasteiger partial charge >= 0.3 is 0 Å². The molecule has 77 heavy (non-hydrogen) atoms. The van der Waals surface area contributed by atoms with E-state index in [1.807, 2.05) is 131 Å². The molecule has 20 heteroatoms. The molecule has 1 fully saturated rings. The van der Waals surface area contributed by atoms with Crippen LogP contribution in [0.25, 0.3) is 15.4 Å². The Bertz CT molecular complexity index is 3080. The molecule has 3 aromatic carbocycles. The van der Waals surface area contributed by atoms with Crippen LogP contribution < -0.4 is 20.7 Å². The van der Waals surface area contributed by atoms with Crippen molar-refractivity contribution in [3.05, 3.63) is 133 Å². The molecule has 0 saturated carbocycles. The molecule has 2 aliphatic rings. The Kier molecular flexibility index (Phi) is 18.4. The van der Waals surface area contributed by atoms with E-state index in [0.29, 0.717) is 36.2 Å².